The number of aryl methyl sites for hydroxylation is 2. The lowest BCUT2D eigenvalue weighted by Crippen LogP contribution is -2.42. The third-order valence-electron chi connectivity index (χ3n) is 6.93. The van der Waals surface area contributed by atoms with Crippen molar-refractivity contribution < 1.29 is 4.57 Å². The summed E-state index contributed by atoms with van der Waals surface area (Å²) in [5.41, 5.74) is 14.6. The van der Waals surface area contributed by atoms with Crippen LogP contribution >= 0.6 is 0 Å². The van der Waals surface area contributed by atoms with Crippen LogP contribution in [0, 0.1) is 0 Å². The SMILES string of the molecule is CC[n+]1c2c(c(-c3ccccc3)c3c1-c1ccccc1CC3)CCc1ccccc1-2. The molecule has 1 nitrogen and oxygen atoms in total. The normalized spacial score (nSPS) is 13.8. The third-order valence-corrected chi connectivity index (χ3v) is 6.93. The minimum Gasteiger partial charge on any atom is -0.191 e. The third kappa shape index (κ3) is 2.51. The average Bonchev–Trinajstić information content (AvgIpc) is 2.82. The maximum atomic E-state index is 2.62. The van der Waals surface area contributed by atoms with Crippen LogP contribution in [0.1, 0.15) is 29.2 Å². The molecule has 1 aromatic heterocycles. The van der Waals surface area contributed by atoms with Gasteiger partial charge in [0.25, 0.3) is 0 Å². The Morgan fingerprint density at radius 2 is 1.10 bits per heavy atom. The highest BCUT2D eigenvalue weighted by atomic mass is 15.0. The molecule has 0 atom stereocenters. The van der Waals surface area contributed by atoms with Crippen molar-refractivity contribution in [3.63, 3.8) is 0 Å². The van der Waals surface area contributed by atoms with Crippen LogP contribution in [-0.4, -0.2) is 0 Å². The van der Waals surface area contributed by atoms with Crippen LogP contribution in [0.3, 0.4) is 0 Å². The van der Waals surface area contributed by atoms with Crippen LogP contribution in [0.15, 0.2) is 78.9 Å². The fraction of sp³-hybridized carbons (Fsp3) is 0.207. The topological polar surface area (TPSA) is 3.88 Å². The molecule has 30 heavy (non-hydrogen) atoms. The van der Waals surface area contributed by atoms with E-state index >= 15 is 0 Å². The summed E-state index contributed by atoms with van der Waals surface area (Å²) in [5.74, 6) is 0. The van der Waals surface area contributed by atoms with Crippen molar-refractivity contribution in [2.45, 2.75) is 39.2 Å². The van der Waals surface area contributed by atoms with Gasteiger partial charge in [-0.25, -0.2) is 0 Å². The molecule has 0 spiro atoms. The van der Waals surface area contributed by atoms with Crippen LogP contribution in [0.2, 0.25) is 0 Å². The molecule has 2 aliphatic rings. The van der Waals surface area contributed by atoms with E-state index < -0.39 is 0 Å². The smallest absolute Gasteiger partial charge is 0.191 e. The molecule has 1 heterocycles. The fourth-order valence-corrected chi connectivity index (χ4v) is 5.69. The highest BCUT2D eigenvalue weighted by molar-refractivity contribution is 5.85. The quantitative estimate of drug-likeness (QED) is 0.360. The number of benzene rings is 3. The molecule has 0 bridgehead atoms. The summed E-state index contributed by atoms with van der Waals surface area (Å²) in [6, 6.07) is 29.1. The number of fused-ring (bicyclic) bond motifs is 6. The molecular formula is C29H26N+. The summed E-state index contributed by atoms with van der Waals surface area (Å²) in [7, 11) is 0. The van der Waals surface area contributed by atoms with Gasteiger partial charge in [0.2, 0.25) is 11.4 Å². The summed E-state index contributed by atoms with van der Waals surface area (Å²) in [5, 5.41) is 0. The molecule has 146 valence electrons. The van der Waals surface area contributed by atoms with Crippen LogP contribution in [-0.2, 0) is 32.2 Å². The van der Waals surface area contributed by atoms with Crippen molar-refractivity contribution in [3.05, 3.63) is 101 Å². The molecule has 0 saturated heterocycles. The molecule has 6 rings (SSSR count). The van der Waals surface area contributed by atoms with Crippen LogP contribution in [0.25, 0.3) is 33.6 Å². The van der Waals surface area contributed by atoms with Crippen LogP contribution < -0.4 is 4.57 Å². The highest BCUT2D eigenvalue weighted by Gasteiger charge is 2.36. The van der Waals surface area contributed by atoms with Crippen molar-refractivity contribution in [3.8, 4) is 33.6 Å². The van der Waals surface area contributed by atoms with E-state index in [-0.39, 0.29) is 0 Å². The minimum absolute atomic E-state index is 0.988. The standard InChI is InChI=1S/C29H26N/c1-2-30-28-23-14-8-6-10-20(23)16-18-25(28)27(22-12-4-3-5-13-22)26-19-17-21-11-7-9-15-24(21)29(26)30/h3-15H,2,16-19H2,1H3/q+1. The second kappa shape index (κ2) is 6.95. The summed E-state index contributed by atoms with van der Waals surface area (Å²) >= 11 is 0. The zero-order valence-corrected chi connectivity index (χ0v) is 17.5. The lowest BCUT2D eigenvalue weighted by Gasteiger charge is -2.28. The molecule has 0 radical (unpaired) electrons. The summed E-state index contributed by atoms with van der Waals surface area (Å²) in [4.78, 5) is 0. The molecule has 0 unspecified atom stereocenters. The molecule has 4 aromatic rings. The van der Waals surface area contributed by atoms with Crippen molar-refractivity contribution in [2.75, 3.05) is 0 Å². The number of hydrogen-bond donors (Lipinski definition) is 0. The van der Waals surface area contributed by atoms with Crippen LogP contribution in [0.5, 0.6) is 0 Å². The molecule has 0 N–H and O–H groups in total. The molecular weight excluding hydrogens is 362 g/mol. The molecule has 0 fully saturated rings. The van der Waals surface area contributed by atoms with Crippen molar-refractivity contribution in [1.82, 2.24) is 0 Å². The summed E-state index contributed by atoms with van der Waals surface area (Å²) < 4.78 is 2.62. The molecule has 2 aliphatic carbocycles. The molecule has 0 saturated carbocycles. The van der Waals surface area contributed by atoms with Gasteiger partial charge in [-0.1, -0.05) is 66.7 Å². The number of rotatable bonds is 2. The zero-order chi connectivity index (χ0) is 20.1. The highest BCUT2D eigenvalue weighted by Crippen LogP contribution is 2.44. The van der Waals surface area contributed by atoms with Gasteiger partial charge in [-0.15, -0.1) is 0 Å². The van der Waals surface area contributed by atoms with E-state index in [1.165, 1.54) is 44.8 Å². The lowest BCUT2D eigenvalue weighted by molar-refractivity contribution is -0.672. The Morgan fingerprint density at radius 1 is 0.600 bits per heavy atom. The molecule has 0 aliphatic heterocycles. The first-order valence-corrected chi connectivity index (χ1v) is 11.2. The van der Waals surface area contributed by atoms with Gasteiger partial charge in [0.1, 0.15) is 6.54 Å². The van der Waals surface area contributed by atoms with Gasteiger partial charge in [0, 0.05) is 27.8 Å². The Balaban J connectivity index is 1.79. The lowest BCUT2D eigenvalue weighted by atomic mass is 9.77. The molecule has 3 aromatic carbocycles. The minimum atomic E-state index is 0.988. The van der Waals surface area contributed by atoms with Gasteiger partial charge in [-0.2, -0.15) is 4.57 Å². The largest absolute Gasteiger partial charge is 0.217 e. The number of hydrogen-bond acceptors (Lipinski definition) is 0. The predicted molar refractivity (Wildman–Crippen MR) is 123 cm³/mol. The Hall–Kier alpha value is -3.19. The van der Waals surface area contributed by atoms with E-state index in [0.717, 1.165) is 32.2 Å². The number of pyridine rings is 1. The second-order valence-corrected chi connectivity index (χ2v) is 8.45. The first-order valence-electron chi connectivity index (χ1n) is 11.2. The van der Waals surface area contributed by atoms with E-state index in [1.807, 2.05) is 0 Å². The maximum absolute atomic E-state index is 2.62. The maximum Gasteiger partial charge on any atom is 0.217 e. The van der Waals surface area contributed by atoms with E-state index in [9.17, 15) is 0 Å². The van der Waals surface area contributed by atoms with E-state index in [0.29, 0.717) is 0 Å². The van der Waals surface area contributed by atoms with Gasteiger partial charge in [-0.05, 0) is 61.4 Å². The van der Waals surface area contributed by atoms with E-state index in [2.05, 4.69) is 90.4 Å². The fourth-order valence-electron chi connectivity index (χ4n) is 5.69. The number of nitrogens with zero attached hydrogens (tertiary/aromatic N) is 1. The Morgan fingerprint density at radius 3 is 1.63 bits per heavy atom. The van der Waals surface area contributed by atoms with Gasteiger partial charge < -0.3 is 0 Å². The number of aromatic nitrogens is 1. The van der Waals surface area contributed by atoms with Crippen molar-refractivity contribution in [2.24, 2.45) is 0 Å². The first-order chi connectivity index (χ1) is 14.9. The van der Waals surface area contributed by atoms with Gasteiger partial charge in [0.05, 0.1) is 0 Å². The molecule has 0 amide bonds. The summed E-state index contributed by atoms with van der Waals surface area (Å²) in [6.45, 7) is 3.29. The van der Waals surface area contributed by atoms with Gasteiger partial charge in [-0.3, -0.25) is 0 Å². The average molecular weight is 389 g/mol. The van der Waals surface area contributed by atoms with Crippen molar-refractivity contribution in [1.29, 1.82) is 0 Å². The Kier molecular flexibility index (Phi) is 4.09. The summed E-state index contributed by atoms with van der Waals surface area (Å²) in [6.07, 6.45) is 4.49. The van der Waals surface area contributed by atoms with Gasteiger partial charge >= 0.3 is 0 Å². The zero-order valence-electron chi connectivity index (χ0n) is 17.5. The second-order valence-electron chi connectivity index (χ2n) is 8.45. The van der Waals surface area contributed by atoms with Gasteiger partial charge in [0.15, 0.2) is 0 Å². The monoisotopic (exact) mass is 388 g/mol. The molecule has 1 heteroatoms. The Bertz CT molecular complexity index is 1160. The van der Waals surface area contributed by atoms with Crippen molar-refractivity contribution >= 4 is 0 Å². The van der Waals surface area contributed by atoms with E-state index in [1.54, 1.807) is 11.1 Å². The first kappa shape index (κ1) is 17.7. The van der Waals surface area contributed by atoms with E-state index in [4.69, 9.17) is 0 Å². The predicted octanol–water partition coefficient (Wildman–Crippen LogP) is 6.19. The van der Waals surface area contributed by atoms with Crippen LogP contribution in [0.4, 0.5) is 0 Å². The Labute approximate surface area is 178 Å².